The Labute approximate surface area is 153 Å². The molecule has 0 radical (unpaired) electrons. The molecular weight excluding hydrogens is 358 g/mol. The Morgan fingerprint density at radius 3 is 2.63 bits per heavy atom. The van der Waals surface area contributed by atoms with E-state index in [4.69, 9.17) is 0 Å². The molecule has 1 aromatic heterocycles. The minimum Gasteiger partial charge on any atom is -0.435 e. The van der Waals surface area contributed by atoms with Crippen LogP contribution in [-0.2, 0) is 0 Å². The molecule has 0 saturated heterocycles. The van der Waals surface area contributed by atoms with Gasteiger partial charge in [0.25, 0.3) is 0 Å². The number of tetrazole rings is 1. The molecular formula is C17H16F2N6O2. The highest BCUT2D eigenvalue weighted by Crippen LogP contribution is 2.21. The normalized spacial score (nSPS) is 11.9. The van der Waals surface area contributed by atoms with Gasteiger partial charge in [-0.2, -0.15) is 8.78 Å². The molecule has 1 heterocycles. The highest BCUT2D eigenvalue weighted by atomic mass is 19.3. The fourth-order valence-electron chi connectivity index (χ4n) is 2.38. The first-order chi connectivity index (χ1) is 13.0. The fourth-order valence-corrected chi connectivity index (χ4v) is 2.38. The summed E-state index contributed by atoms with van der Waals surface area (Å²) in [6.45, 7) is -1.16. The molecule has 0 aliphatic rings. The summed E-state index contributed by atoms with van der Waals surface area (Å²) >= 11 is 0. The number of aromatic nitrogens is 4. The van der Waals surface area contributed by atoms with Crippen LogP contribution in [0.1, 0.15) is 18.5 Å². The lowest BCUT2D eigenvalue weighted by Crippen LogP contribution is -2.31. The van der Waals surface area contributed by atoms with Crippen molar-refractivity contribution in [2.75, 3.05) is 5.32 Å². The van der Waals surface area contributed by atoms with Crippen LogP contribution < -0.4 is 15.4 Å². The van der Waals surface area contributed by atoms with E-state index in [1.807, 2.05) is 0 Å². The maximum Gasteiger partial charge on any atom is 0.387 e. The van der Waals surface area contributed by atoms with Crippen molar-refractivity contribution in [2.24, 2.45) is 0 Å². The maximum absolute atomic E-state index is 12.3. The number of rotatable bonds is 6. The summed E-state index contributed by atoms with van der Waals surface area (Å²) in [5.41, 5.74) is 1.96. The van der Waals surface area contributed by atoms with Crippen LogP contribution in [0.2, 0.25) is 0 Å². The molecule has 2 aromatic carbocycles. The van der Waals surface area contributed by atoms with E-state index in [1.54, 1.807) is 43.3 Å². The third kappa shape index (κ3) is 4.97. The largest absolute Gasteiger partial charge is 0.435 e. The first kappa shape index (κ1) is 18.2. The van der Waals surface area contributed by atoms with Crippen LogP contribution >= 0.6 is 0 Å². The molecule has 3 rings (SSSR count). The first-order valence-corrected chi connectivity index (χ1v) is 7.97. The van der Waals surface area contributed by atoms with E-state index in [0.717, 1.165) is 5.69 Å². The van der Waals surface area contributed by atoms with Crippen molar-refractivity contribution in [3.8, 4) is 11.4 Å². The number of halogens is 2. The van der Waals surface area contributed by atoms with Crippen LogP contribution in [0.5, 0.6) is 5.75 Å². The number of ether oxygens (including phenoxy) is 1. The van der Waals surface area contributed by atoms with Gasteiger partial charge >= 0.3 is 12.6 Å². The van der Waals surface area contributed by atoms with Crippen LogP contribution in [0.25, 0.3) is 5.69 Å². The van der Waals surface area contributed by atoms with E-state index in [0.29, 0.717) is 11.3 Å². The number of hydrogen-bond donors (Lipinski definition) is 2. The van der Waals surface area contributed by atoms with Gasteiger partial charge < -0.3 is 15.4 Å². The van der Waals surface area contributed by atoms with Gasteiger partial charge in [-0.3, -0.25) is 0 Å². The van der Waals surface area contributed by atoms with E-state index in [-0.39, 0.29) is 5.75 Å². The van der Waals surface area contributed by atoms with Gasteiger partial charge in [0.2, 0.25) is 0 Å². The molecule has 0 spiro atoms. The number of urea groups is 1. The van der Waals surface area contributed by atoms with Gasteiger partial charge in [-0.25, -0.2) is 9.48 Å². The van der Waals surface area contributed by atoms with Crippen LogP contribution in [0.15, 0.2) is 54.9 Å². The van der Waals surface area contributed by atoms with Gasteiger partial charge in [0.15, 0.2) is 0 Å². The SMILES string of the molecule is CC(NC(=O)Nc1ccc(-n2cnnn2)cc1)c1cccc(OC(F)F)c1. The zero-order chi connectivity index (χ0) is 19.2. The minimum atomic E-state index is -2.90. The van der Waals surface area contributed by atoms with Crippen molar-refractivity contribution in [3.05, 3.63) is 60.4 Å². The van der Waals surface area contributed by atoms with E-state index in [2.05, 4.69) is 30.9 Å². The average Bonchev–Trinajstić information content (AvgIpc) is 3.16. The van der Waals surface area contributed by atoms with Crippen molar-refractivity contribution in [1.29, 1.82) is 0 Å². The number of hydrogen-bond acceptors (Lipinski definition) is 5. The van der Waals surface area contributed by atoms with Crippen molar-refractivity contribution in [3.63, 3.8) is 0 Å². The molecule has 1 unspecified atom stereocenters. The predicted molar refractivity (Wildman–Crippen MR) is 92.8 cm³/mol. The Balaban J connectivity index is 1.58. The van der Waals surface area contributed by atoms with Gasteiger partial charge in [-0.15, -0.1) is 5.10 Å². The second-order valence-corrected chi connectivity index (χ2v) is 5.57. The number of nitrogens with one attached hydrogen (secondary N) is 2. The quantitative estimate of drug-likeness (QED) is 0.691. The topological polar surface area (TPSA) is 94.0 Å². The second-order valence-electron chi connectivity index (χ2n) is 5.57. The Hall–Kier alpha value is -3.56. The summed E-state index contributed by atoms with van der Waals surface area (Å²) in [6, 6.07) is 12.2. The molecule has 27 heavy (non-hydrogen) atoms. The highest BCUT2D eigenvalue weighted by Gasteiger charge is 2.12. The Morgan fingerprint density at radius 1 is 1.19 bits per heavy atom. The molecule has 1 atom stereocenters. The maximum atomic E-state index is 12.3. The average molecular weight is 374 g/mol. The minimum absolute atomic E-state index is 0.0368. The van der Waals surface area contributed by atoms with Gasteiger partial charge in [0.1, 0.15) is 12.1 Å². The Bertz CT molecular complexity index is 887. The summed E-state index contributed by atoms with van der Waals surface area (Å²) < 4.78 is 30.5. The van der Waals surface area contributed by atoms with Crippen LogP contribution in [0.3, 0.4) is 0 Å². The van der Waals surface area contributed by atoms with E-state index in [1.165, 1.54) is 23.1 Å². The van der Waals surface area contributed by atoms with E-state index < -0.39 is 18.7 Å². The lowest BCUT2D eigenvalue weighted by atomic mass is 10.1. The fraction of sp³-hybridized carbons (Fsp3) is 0.176. The number of carbonyl (C=O) groups excluding carboxylic acids is 1. The number of amides is 2. The third-order valence-corrected chi connectivity index (χ3v) is 3.67. The van der Waals surface area contributed by atoms with Crippen LogP contribution in [0.4, 0.5) is 19.3 Å². The van der Waals surface area contributed by atoms with Gasteiger partial charge in [-0.05, 0) is 59.3 Å². The smallest absolute Gasteiger partial charge is 0.387 e. The van der Waals surface area contributed by atoms with Gasteiger partial charge in [-0.1, -0.05) is 12.1 Å². The summed E-state index contributed by atoms with van der Waals surface area (Å²) in [7, 11) is 0. The molecule has 2 amide bonds. The molecule has 8 nitrogen and oxygen atoms in total. The Morgan fingerprint density at radius 2 is 1.96 bits per heavy atom. The molecule has 140 valence electrons. The number of nitrogens with zero attached hydrogens (tertiary/aromatic N) is 4. The Kier molecular flexibility index (Phi) is 5.55. The van der Waals surface area contributed by atoms with Gasteiger partial charge in [0, 0.05) is 5.69 Å². The molecule has 0 saturated carbocycles. The molecule has 3 aromatic rings. The number of carbonyl (C=O) groups is 1. The molecule has 2 N–H and O–H groups in total. The van der Waals surface area contributed by atoms with Crippen LogP contribution in [-0.4, -0.2) is 32.8 Å². The second kappa shape index (κ2) is 8.21. The number of alkyl halides is 2. The molecule has 0 aliphatic carbocycles. The molecule has 0 bridgehead atoms. The zero-order valence-electron chi connectivity index (χ0n) is 14.2. The monoisotopic (exact) mass is 374 g/mol. The van der Waals surface area contributed by atoms with Crippen molar-refractivity contribution in [1.82, 2.24) is 25.5 Å². The predicted octanol–water partition coefficient (Wildman–Crippen LogP) is 3.15. The van der Waals surface area contributed by atoms with E-state index >= 15 is 0 Å². The van der Waals surface area contributed by atoms with E-state index in [9.17, 15) is 13.6 Å². The van der Waals surface area contributed by atoms with Crippen molar-refractivity contribution in [2.45, 2.75) is 19.6 Å². The van der Waals surface area contributed by atoms with Crippen LogP contribution in [0, 0.1) is 0 Å². The summed E-state index contributed by atoms with van der Waals surface area (Å²) in [5, 5.41) is 16.3. The standard InChI is InChI=1S/C17H16F2N6O2/c1-11(12-3-2-4-15(9-12)27-16(18)19)21-17(26)22-13-5-7-14(8-6-13)25-10-20-23-24-25/h2-11,16H,1H3,(H2,21,22,26). The first-order valence-electron chi connectivity index (χ1n) is 7.97. The van der Waals surface area contributed by atoms with Gasteiger partial charge in [0.05, 0.1) is 11.7 Å². The summed E-state index contributed by atoms with van der Waals surface area (Å²) in [6.07, 6.45) is 1.46. The van der Waals surface area contributed by atoms with Crippen molar-refractivity contribution >= 4 is 11.7 Å². The number of benzene rings is 2. The van der Waals surface area contributed by atoms with Crippen molar-refractivity contribution < 1.29 is 18.3 Å². The summed E-state index contributed by atoms with van der Waals surface area (Å²) in [4.78, 5) is 12.2. The highest BCUT2D eigenvalue weighted by molar-refractivity contribution is 5.89. The third-order valence-electron chi connectivity index (χ3n) is 3.67. The zero-order valence-corrected chi connectivity index (χ0v) is 14.2. The molecule has 0 fully saturated rings. The number of anilines is 1. The molecule has 10 heteroatoms. The lowest BCUT2D eigenvalue weighted by Gasteiger charge is -2.16. The lowest BCUT2D eigenvalue weighted by molar-refractivity contribution is -0.0499. The summed E-state index contributed by atoms with van der Waals surface area (Å²) in [5.74, 6) is 0.0368. The molecule has 0 aliphatic heterocycles.